The van der Waals surface area contributed by atoms with Crippen LogP contribution in [-0.4, -0.2) is 34.0 Å². The van der Waals surface area contributed by atoms with Crippen molar-refractivity contribution in [1.82, 2.24) is 9.97 Å². The monoisotopic (exact) mass is 510 g/mol. The predicted octanol–water partition coefficient (Wildman–Crippen LogP) is 5.66. The Morgan fingerprint density at radius 1 is 1.12 bits per heavy atom. The maximum atomic E-state index is 12.6. The molecule has 3 N–H and O–H groups in total. The van der Waals surface area contributed by atoms with Gasteiger partial charge in [-0.1, -0.05) is 28.1 Å². The number of carboxylic acid groups (broad SMARTS) is 1. The van der Waals surface area contributed by atoms with Gasteiger partial charge in [-0.25, -0.2) is 4.98 Å². The number of benzene rings is 2. The lowest BCUT2D eigenvalue weighted by Crippen LogP contribution is -2.17. The molecule has 1 aromatic heterocycles. The molecular weight excluding hydrogens is 493 g/mol. The van der Waals surface area contributed by atoms with Gasteiger partial charge in [-0.2, -0.15) is 4.98 Å². The highest BCUT2D eigenvalue weighted by Crippen LogP contribution is 2.31. The molecule has 0 bridgehead atoms. The Hall–Kier alpha value is -3.34. The minimum atomic E-state index is -4.83. The lowest BCUT2D eigenvalue weighted by atomic mass is 10.1. The van der Waals surface area contributed by atoms with Crippen LogP contribution in [0, 0.1) is 13.8 Å². The van der Waals surface area contributed by atoms with E-state index in [4.69, 9.17) is 5.11 Å². The lowest BCUT2D eigenvalue weighted by Gasteiger charge is -2.15. The van der Waals surface area contributed by atoms with E-state index >= 15 is 0 Å². The van der Waals surface area contributed by atoms with Gasteiger partial charge in [-0.05, 0) is 49.2 Å². The Morgan fingerprint density at radius 2 is 1.81 bits per heavy atom. The molecule has 0 atom stereocenters. The number of carbonyl (C=O) groups is 1. The predicted molar refractivity (Wildman–Crippen MR) is 117 cm³/mol. The molecule has 0 radical (unpaired) electrons. The van der Waals surface area contributed by atoms with Crippen LogP contribution in [0.15, 0.2) is 46.9 Å². The number of halogens is 4. The van der Waals surface area contributed by atoms with Crippen molar-refractivity contribution in [1.29, 1.82) is 0 Å². The van der Waals surface area contributed by atoms with Crippen molar-refractivity contribution in [3.63, 3.8) is 0 Å². The Kier molecular flexibility index (Phi) is 6.87. The Labute approximate surface area is 189 Å². The molecule has 11 heteroatoms. The zero-order valence-electron chi connectivity index (χ0n) is 16.9. The van der Waals surface area contributed by atoms with Gasteiger partial charge in [0, 0.05) is 21.8 Å². The van der Waals surface area contributed by atoms with Crippen molar-refractivity contribution in [2.45, 2.75) is 20.2 Å². The number of rotatable bonds is 7. The van der Waals surface area contributed by atoms with Gasteiger partial charge < -0.3 is 20.5 Å². The number of anilines is 3. The number of aromatic nitrogens is 2. The first-order chi connectivity index (χ1) is 15.0. The molecule has 168 valence electrons. The van der Waals surface area contributed by atoms with Crippen LogP contribution in [0.3, 0.4) is 0 Å². The van der Waals surface area contributed by atoms with Gasteiger partial charge in [-0.15, -0.1) is 13.2 Å². The van der Waals surface area contributed by atoms with Crippen LogP contribution in [0.4, 0.5) is 30.6 Å². The topological polar surface area (TPSA) is 96.4 Å². The second-order valence-corrected chi connectivity index (χ2v) is 7.74. The molecule has 0 fully saturated rings. The fraction of sp³-hybridized carbons (Fsp3) is 0.190. The molecule has 1 heterocycles. The number of carboxylic acids is 1. The summed E-state index contributed by atoms with van der Waals surface area (Å²) in [5.41, 5.74) is 3.25. The minimum absolute atomic E-state index is 0.00182. The highest BCUT2D eigenvalue weighted by molar-refractivity contribution is 9.10. The maximum Gasteiger partial charge on any atom is 0.573 e. The lowest BCUT2D eigenvalue weighted by molar-refractivity contribution is -0.274. The SMILES string of the molecule is Cc1cc(Br)cc(C)c1Nc1cc(-c2cccc(OC(F)(F)F)c2)nc(NCC(=O)O)n1. The van der Waals surface area contributed by atoms with E-state index < -0.39 is 24.6 Å². The Morgan fingerprint density at radius 3 is 2.44 bits per heavy atom. The Balaban J connectivity index is 2.02. The average molecular weight is 511 g/mol. The molecule has 0 aliphatic rings. The maximum absolute atomic E-state index is 12.6. The van der Waals surface area contributed by atoms with Crippen molar-refractivity contribution in [2.24, 2.45) is 0 Å². The number of nitrogens with zero attached hydrogens (tertiary/aromatic N) is 2. The number of nitrogens with one attached hydrogen (secondary N) is 2. The zero-order valence-corrected chi connectivity index (χ0v) is 18.5. The second kappa shape index (κ2) is 9.43. The van der Waals surface area contributed by atoms with Crippen molar-refractivity contribution in [3.05, 3.63) is 58.1 Å². The number of hydrogen-bond acceptors (Lipinski definition) is 6. The summed E-state index contributed by atoms with van der Waals surface area (Å²) in [6, 6.07) is 10.7. The number of aryl methyl sites for hydroxylation is 2. The molecule has 0 amide bonds. The third-order valence-electron chi connectivity index (χ3n) is 4.24. The summed E-state index contributed by atoms with van der Waals surface area (Å²) in [5.74, 6) is -1.18. The summed E-state index contributed by atoms with van der Waals surface area (Å²) in [6.07, 6.45) is -4.83. The molecule has 0 saturated heterocycles. The summed E-state index contributed by atoms with van der Waals surface area (Å²) in [5, 5.41) is 14.7. The first-order valence-electron chi connectivity index (χ1n) is 9.25. The van der Waals surface area contributed by atoms with Crippen LogP contribution in [0.1, 0.15) is 11.1 Å². The largest absolute Gasteiger partial charge is 0.573 e. The van der Waals surface area contributed by atoms with Gasteiger partial charge >= 0.3 is 12.3 Å². The first-order valence-corrected chi connectivity index (χ1v) is 10.0. The molecule has 3 aromatic rings. The van der Waals surface area contributed by atoms with Crippen LogP contribution in [0.5, 0.6) is 5.75 Å². The summed E-state index contributed by atoms with van der Waals surface area (Å²) in [7, 11) is 0. The summed E-state index contributed by atoms with van der Waals surface area (Å²) >= 11 is 3.44. The first kappa shape index (κ1) is 23.3. The van der Waals surface area contributed by atoms with Gasteiger partial charge in [-0.3, -0.25) is 4.79 Å². The average Bonchev–Trinajstić information content (AvgIpc) is 2.68. The van der Waals surface area contributed by atoms with E-state index in [0.29, 0.717) is 11.4 Å². The van der Waals surface area contributed by atoms with Crippen LogP contribution < -0.4 is 15.4 Å². The summed E-state index contributed by atoms with van der Waals surface area (Å²) < 4.78 is 42.7. The van der Waals surface area contributed by atoms with Crippen LogP contribution >= 0.6 is 15.9 Å². The molecule has 0 aliphatic carbocycles. The van der Waals surface area contributed by atoms with E-state index in [9.17, 15) is 18.0 Å². The third kappa shape index (κ3) is 6.33. The van der Waals surface area contributed by atoms with Gasteiger partial charge in [0.25, 0.3) is 0 Å². The van der Waals surface area contributed by atoms with Gasteiger partial charge in [0.2, 0.25) is 5.95 Å². The van der Waals surface area contributed by atoms with E-state index in [2.05, 4.69) is 41.3 Å². The van der Waals surface area contributed by atoms with Gasteiger partial charge in [0.15, 0.2) is 0 Å². The molecule has 0 spiro atoms. The van der Waals surface area contributed by atoms with Crippen LogP contribution in [-0.2, 0) is 4.79 Å². The van der Waals surface area contributed by atoms with Crippen molar-refractivity contribution < 1.29 is 27.8 Å². The fourth-order valence-electron chi connectivity index (χ4n) is 2.98. The van der Waals surface area contributed by atoms with Crippen LogP contribution in [0.25, 0.3) is 11.3 Å². The number of aliphatic carboxylic acids is 1. The van der Waals surface area contributed by atoms with Crippen LogP contribution in [0.2, 0.25) is 0 Å². The highest BCUT2D eigenvalue weighted by Gasteiger charge is 2.31. The molecular formula is C21H18BrF3N4O3. The number of hydrogen-bond donors (Lipinski definition) is 3. The fourth-order valence-corrected chi connectivity index (χ4v) is 3.67. The molecule has 7 nitrogen and oxygen atoms in total. The molecule has 0 unspecified atom stereocenters. The van der Waals surface area contributed by atoms with Crippen molar-refractivity contribution >= 4 is 39.4 Å². The van der Waals surface area contributed by atoms with Gasteiger partial charge in [0.1, 0.15) is 18.1 Å². The van der Waals surface area contributed by atoms with Crippen molar-refractivity contribution in [2.75, 3.05) is 17.2 Å². The van der Waals surface area contributed by atoms with E-state index in [1.807, 2.05) is 26.0 Å². The number of ether oxygens (including phenoxy) is 1. The standard InChI is InChI=1S/C21H18BrF3N4O3/c1-11-6-14(22)7-12(2)19(11)28-17-9-16(27-20(29-17)26-10-18(30)31)13-4-3-5-15(8-13)32-21(23,24)25/h3-9H,10H2,1-2H3,(H,30,31)(H2,26,27,28,29). The Bertz CT molecular complexity index is 1130. The number of alkyl halides is 3. The highest BCUT2D eigenvalue weighted by atomic mass is 79.9. The second-order valence-electron chi connectivity index (χ2n) is 6.82. The summed E-state index contributed by atoms with van der Waals surface area (Å²) in [4.78, 5) is 19.5. The molecule has 0 saturated carbocycles. The molecule has 3 rings (SSSR count). The molecule has 0 aliphatic heterocycles. The molecule has 2 aromatic carbocycles. The normalized spacial score (nSPS) is 11.2. The molecule has 32 heavy (non-hydrogen) atoms. The third-order valence-corrected chi connectivity index (χ3v) is 4.70. The quantitative estimate of drug-likeness (QED) is 0.377. The minimum Gasteiger partial charge on any atom is -0.480 e. The van der Waals surface area contributed by atoms with E-state index in [0.717, 1.165) is 21.3 Å². The zero-order chi connectivity index (χ0) is 23.5. The van der Waals surface area contributed by atoms with Crippen molar-refractivity contribution in [3.8, 4) is 17.0 Å². The summed E-state index contributed by atoms with van der Waals surface area (Å²) in [6.45, 7) is 3.38. The van der Waals surface area contributed by atoms with E-state index in [1.165, 1.54) is 18.2 Å². The van der Waals surface area contributed by atoms with Gasteiger partial charge in [0.05, 0.1) is 5.69 Å². The van der Waals surface area contributed by atoms with E-state index in [1.54, 1.807) is 12.1 Å². The smallest absolute Gasteiger partial charge is 0.480 e. The van der Waals surface area contributed by atoms with E-state index in [-0.39, 0.29) is 11.6 Å².